The maximum Gasteiger partial charge on any atom is 0.250 e. The fourth-order valence-corrected chi connectivity index (χ4v) is 6.07. The molecule has 1 saturated heterocycles. The number of hydrogen-bond acceptors (Lipinski definition) is 5. The van der Waals surface area contributed by atoms with Gasteiger partial charge in [0.1, 0.15) is 5.60 Å². The molecule has 0 unspecified atom stereocenters. The minimum absolute atomic E-state index is 0.0728. The van der Waals surface area contributed by atoms with Crippen LogP contribution in [0.25, 0.3) is 16.5 Å². The predicted molar refractivity (Wildman–Crippen MR) is 131 cm³/mol. The van der Waals surface area contributed by atoms with E-state index in [1.807, 2.05) is 31.2 Å². The molecule has 1 fully saturated rings. The van der Waals surface area contributed by atoms with Crippen LogP contribution in [-0.4, -0.2) is 19.3 Å². The van der Waals surface area contributed by atoms with E-state index in [0.717, 1.165) is 10.8 Å². The lowest BCUT2D eigenvalue weighted by Gasteiger charge is -2.26. The van der Waals surface area contributed by atoms with Crippen molar-refractivity contribution in [1.82, 2.24) is 9.13 Å². The number of aryl methyl sites for hydroxylation is 1. The molecule has 0 radical (unpaired) electrons. The lowest BCUT2D eigenvalue weighted by atomic mass is 9.78. The summed E-state index contributed by atoms with van der Waals surface area (Å²) in [6.45, 7) is 2.27. The van der Waals surface area contributed by atoms with E-state index in [2.05, 4.69) is 6.07 Å². The molecule has 4 aromatic rings. The lowest BCUT2D eigenvalue weighted by molar-refractivity contribution is -0.0852. The molecule has 6 rings (SSSR count). The number of pyridine rings is 1. The van der Waals surface area contributed by atoms with Crippen LogP contribution < -0.4 is 5.56 Å². The number of nitriles is 1. The Morgan fingerprint density at radius 2 is 1.80 bits per heavy atom. The van der Waals surface area contributed by atoms with Crippen LogP contribution in [0.4, 0.5) is 0 Å². The molecular formula is C27H22ClN3O4. The molecule has 0 amide bonds. The van der Waals surface area contributed by atoms with Crippen LogP contribution in [0.15, 0.2) is 59.5 Å². The highest BCUT2D eigenvalue weighted by Gasteiger charge is 2.61. The van der Waals surface area contributed by atoms with Gasteiger partial charge in [-0.2, -0.15) is 5.26 Å². The third-order valence-electron chi connectivity index (χ3n) is 7.50. The van der Waals surface area contributed by atoms with E-state index in [9.17, 15) is 20.3 Å². The van der Waals surface area contributed by atoms with Crippen LogP contribution >= 0.6 is 11.6 Å². The third-order valence-corrected chi connectivity index (χ3v) is 7.72. The number of hydrogen-bond donors (Lipinski definition) is 2. The molecule has 35 heavy (non-hydrogen) atoms. The summed E-state index contributed by atoms with van der Waals surface area (Å²) < 4.78 is 9.48. The van der Waals surface area contributed by atoms with Gasteiger partial charge in [0, 0.05) is 29.6 Å². The van der Waals surface area contributed by atoms with Crippen LogP contribution in [0.2, 0.25) is 5.02 Å². The number of aromatic hydroxyl groups is 2. The van der Waals surface area contributed by atoms with Crippen LogP contribution in [0.5, 0.6) is 11.8 Å². The fourth-order valence-electron chi connectivity index (χ4n) is 5.89. The molecule has 2 aromatic carbocycles. The normalized spacial score (nSPS) is 22.4. The maximum atomic E-state index is 12.3. The van der Waals surface area contributed by atoms with Gasteiger partial charge in [0.05, 0.1) is 39.1 Å². The smallest absolute Gasteiger partial charge is 0.250 e. The fraction of sp³-hybridized carbons (Fsp3) is 0.259. The van der Waals surface area contributed by atoms with Crippen molar-refractivity contribution in [2.24, 2.45) is 0 Å². The largest absolute Gasteiger partial charge is 0.494 e. The zero-order chi connectivity index (χ0) is 24.5. The summed E-state index contributed by atoms with van der Waals surface area (Å²) in [7, 11) is 0. The Balaban J connectivity index is 1.51. The summed E-state index contributed by atoms with van der Waals surface area (Å²) >= 11 is 6.09. The molecule has 176 valence electrons. The van der Waals surface area contributed by atoms with Crippen molar-refractivity contribution < 1.29 is 14.9 Å². The SMILES string of the molecule is C[C@@]12CC[C@@](CCn3cc(Cl)ccc3=O)(O1)c1c2c(O)n(-c2ccc(C#N)c3ccccc23)c1O. The minimum atomic E-state index is -0.846. The molecule has 2 aliphatic rings. The number of ether oxygens (including phenoxy) is 1. The first-order valence-corrected chi connectivity index (χ1v) is 11.8. The summed E-state index contributed by atoms with van der Waals surface area (Å²) in [5.74, 6) is -0.161. The van der Waals surface area contributed by atoms with Crippen LogP contribution in [0.3, 0.4) is 0 Å². The molecular weight excluding hydrogens is 466 g/mol. The van der Waals surface area contributed by atoms with E-state index in [1.54, 1.807) is 24.4 Å². The highest BCUT2D eigenvalue weighted by molar-refractivity contribution is 6.30. The zero-order valence-corrected chi connectivity index (χ0v) is 19.7. The van der Waals surface area contributed by atoms with Crippen molar-refractivity contribution in [1.29, 1.82) is 5.26 Å². The first-order valence-electron chi connectivity index (χ1n) is 11.4. The van der Waals surface area contributed by atoms with E-state index in [-0.39, 0.29) is 17.3 Å². The Labute approximate surface area is 206 Å². The molecule has 2 aliphatic heterocycles. The van der Waals surface area contributed by atoms with Gasteiger partial charge in [-0.1, -0.05) is 35.9 Å². The second kappa shape index (κ2) is 7.38. The average molecular weight is 488 g/mol. The standard InChI is InChI=1S/C27H22ClN3O4/c1-26-10-11-27(35-26,12-13-30-15-17(28)7-9-21(30)32)23-22(26)24(33)31(25(23)34)20-8-6-16(14-29)18-4-2-3-5-19(18)20/h2-9,15,33-34H,10-13H2,1H3/t26-,27-/m0/s1. The topological polar surface area (TPSA) is 100 Å². The van der Waals surface area contributed by atoms with Gasteiger partial charge in [0.15, 0.2) is 0 Å². The van der Waals surface area contributed by atoms with E-state index >= 15 is 0 Å². The first kappa shape index (κ1) is 21.8. The highest BCUT2D eigenvalue weighted by atomic mass is 35.5. The van der Waals surface area contributed by atoms with Gasteiger partial charge in [-0.25, -0.2) is 0 Å². The number of rotatable bonds is 4. The summed E-state index contributed by atoms with van der Waals surface area (Å²) in [5, 5.41) is 34.4. The van der Waals surface area contributed by atoms with Crippen molar-refractivity contribution >= 4 is 22.4 Å². The second-order valence-electron chi connectivity index (χ2n) is 9.48. The van der Waals surface area contributed by atoms with Gasteiger partial charge < -0.3 is 19.5 Å². The monoisotopic (exact) mass is 487 g/mol. The molecule has 0 aliphatic carbocycles. The molecule has 0 spiro atoms. The Hall–Kier alpha value is -3.73. The molecule has 2 bridgehead atoms. The van der Waals surface area contributed by atoms with Crippen molar-refractivity contribution in [2.45, 2.75) is 43.9 Å². The van der Waals surface area contributed by atoms with Gasteiger partial charge >= 0.3 is 0 Å². The highest BCUT2D eigenvalue weighted by Crippen LogP contribution is 2.65. The Bertz CT molecular complexity index is 1630. The van der Waals surface area contributed by atoms with E-state index < -0.39 is 11.2 Å². The third kappa shape index (κ3) is 2.97. The lowest BCUT2D eigenvalue weighted by Crippen LogP contribution is -2.28. The van der Waals surface area contributed by atoms with Crippen molar-refractivity contribution in [3.63, 3.8) is 0 Å². The average Bonchev–Trinajstić information content (AvgIpc) is 3.43. The molecule has 8 heteroatoms. The van der Waals surface area contributed by atoms with Gasteiger partial charge in [0.25, 0.3) is 5.56 Å². The van der Waals surface area contributed by atoms with Crippen LogP contribution in [-0.2, 0) is 22.5 Å². The number of fused-ring (bicyclic) bond motifs is 6. The Morgan fingerprint density at radius 3 is 2.57 bits per heavy atom. The van der Waals surface area contributed by atoms with Gasteiger partial charge in [-0.3, -0.25) is 9.36 Å². The summed E-state index contributed by atoms with van der Waals surface area (Å²) in [6.07, 6.45) is 3.35. The predicted octanol–water partition coefficient (Wildman–Crippen LogP) is 5.05. The zero-order valence-electron chi connectivity index (χ0n) is 19.0. The first-order chi connectivity index (χ1) is 16.8. The molecule has 4 heterocycles. The van der Waals surface area contributed by atoms with Gasteiger partial charge in [0.2, 0.25) is 11.8 Å². The van der Waals surface area contributed by atoms with E-state index in [1.165, 1.54) is 15.2 Å². The summed E-state index contributed by atoms with van der Waals surface area (Å²) in [4.78, 5) is 12.3. The number of nitrogens with zero attached hydrogens (tertiary/aromatic N) is 3. The van der Waals surface area contributed by atoms with E-state index in [4.69, 9.17) is 16.3 Å². The number of benzene rings is 2. The molecule has 2 aromatic heterocycles. The quantitative estimate of drug-likeness (QED) is 0.419. The van der Waals surface area contributed by atoms with Crippen molar-refractivity contribution in [3.8, 4) is 23.5 Å². The van der Waals surface area contributed by atoms with Crippen LogP contribution in [0.1, 0.15) is 42.9 Å². The summed E-state index contributed by atoms with van der Waals surface area (Å²) in [5.41, 5.74) is 0.458. The molecule has 0 saturated carbocycles. The second-order valence-corrected chi connectivity index (χ2v) is 9.91. The van der Waals surface area contributed by atoms with E-state index in [0.29, 0.717) is 53.2 Å². The maximum absolute atomic E-state index is 12.3. The van der Waals surface area contributed by atoms with Gasteiger partial charge in [-0.05, 0) is 44.4 Å². The Kier molecular flexibility index (Phi) is 4.59. The van der Waals surface area contributed by atoms with Crippen molar-refractivity contribution in [3.05, 3.63) is 86.8 Å². The molecule has 2 atom stereocenters. The number of aromatic nitrogens is 2. The van der Waals surface area contributed by atoms with Gasteiger partial charge in [-0.15, -0.1) is 0 Å². The summed E-state index contributed by atoms with van der Waals surface area (Å²) in [6, 6.07) is 16.0. The van der Waals surface area contributed by atoms with Crippen molar-refractivity contribution in [2.75, 3.05) is 0 Å². The Morgan fingerprint density at radius 1 is 1.06 bits per heavy atom. The minimum Gasteiger partial charge on any atom is -0.494 e. The molecule has 2 N–H and O–H groups in total. The van der Waals surface area contributed by atoms with Crippen LogP contribution in [0, 0.1) is 11.3 Å². The number of halogens is 1. The molecule has 7 nitrogen and oxygen atoms in total.